The van der Waals surface area contributed by atoms with E-state index in [1.807, 2.05) is 0 Å². The Bertz CT molecular complexity index is 667. The topological polar surface area (TPSA) is 56.2 Å². The van der Waals surface area contributed by atoms with Gasteiger partial charge in [0.05, 0.1) is 24.4 Å². The zero-order valence-electron chi connectivity index (χ0n) is 19.7. The van der Waals surface area contributed by atoms with E-state index in [2.05, 4.69) is 51.6 Å². The second-order valence-corrected chi connectivity index (χ2v) is 12.7. The molecule has 170 valence electrons. The Hall–Kier alpha value is -0.200. The van der Waals surface area contributed by atoms with Crippen molar-refractivity contribution in [3.8, 4) is 0 Å². The van der Waals surface area contributed by atoms with E-state index in [0.717, 1.165) is 60.4 Å². The fourth-order valence-corrected chi connectivity index (χ4v) is 10.7. The van der Waals surface area contributed by atoms with Crippen LogP contribution in [0.3, 0.4) is 0 Å². The highest BCUT2D eigenvalue weighted by atomic mass is 16.5. The second-order valence-electron chi connectivity index (χ2n) is 12.7. The van der Waals surface area contributed by atoms with Crippen LogP contribution < -0.4 is 0 Å². The summed E-state index contributed by atoms with van der Waals surface area (Å²) in [5, 5.41) is 20.1. The van der Waals surface area contributed by atoms with Gasteiger partial charge in [-0.3, -0.25) is 9.80 Å². The summed E-state index contributed by atoms with van der Waals surface area (Å²) in [6, 6.07) is 0.420. The average Bonchev–Trinajstić information content (AvgIpc) is 3.27. The van der Waals surface area contributed by atoms with Crippen molar-refractivity contribution in [2.45, 2.75) is 57.4 Å². The van der Waals surface area contributed by atoms with Crippen LogP contribution in [0.2, 0.25) is 0 Å². The van der Waals surface area contributed by atoms with Gasteiger partial charge in [0.25, 0.3) is 0 Å². The summed E-state index contributed by atoms with van der Waals surface area (Å²) >= 11 is 0. The van der Waals surface area contributed by atoms with E-state index in [4.69, 9.17) is 4.74 Å². The summed E-state index contributed by atoms with van der Waals surface area (Å²) in [5.41, 5.74) is 0.0493. The van der Waals surface area contributed by atoms with E-state index in [9.17, 15) is 10.2 Å². The molecule has 2 aliphatic heterocycles. The molecule has 30 heavy (non-hydrogen) atoms. The zero-order valence-corrected chi connectivity index (χ0v) is 19.7. The molecule has 0 aromatic heterocycles. The van der Waals surface area contributed by atoms with Crippen molar-refractivity contribution in [3.63, 3.8) is 0 Å². The number of likely N-dealkylation sites (N-methyl/N-ethyl adjacent to an activating group) is 2. The molecule has 12 atom stereocenters. The monoisotopic (exact) mass is 418 g/mol. The molecule has 0 spiro atoms. The molecule has 7 aliphatic rings. The van der Waals surface area contributed by atoms with Crippen molar-refractivity contribution < 1.29 is 14.9 Å². The molecule has 0 radical (unpaired) electrons. The van der Waals surface area contributed by atoms with E-state index in [1.165, 1.54) is 6.42 Å². The number of ether oxygens (including phenoxy) is 1. The Labute approximate surface area is 182 Å². The highest BCUT2D eigenvalue weighted by Gasteiger charge is 2.96. The number of aliphatic hydroxyl groups excluding tert-OH is 2. The molecule has 0 aromatic rings. The molecule has 5 heteroatoms. The van der Waals surface area contributed by atoms with E-state index in [0.29, 0.717) is 11.8 Å². The molecule has 7 rings (SSSR count). The summed E-state index contributed by atoms with van der Waals surface area (Å²) in [6.45, 7) is 11.3. The van der Waals surface area contributed by atoms with Crippen molar-refractivity contribution in [1.82, 2.24) is 9.80 Å². The minimum atomic E-state index is 0.0247. The van der Waals surface area contributed by atoms with Gasteiger partial charge >= 0.3 is 0 Å². The van der Waals surface area contributed by atoms with Crippen molar-refractivity contribution in [2.75, 3.05) is 40.4 Å². The summed E-state index contributed by atoms with van der Waals surface area (Å²) in [5.74, 6) is 7.51. The third kappa shape index (κ3) is 2.00. The Morgan fingerprint density at radius 3 is 1.50 bits per heavy atom. The van der Waals surface area contributed by atoms with Gasteiger partial charge in [0.15, 0.2) is 0 Å². The lowest BCUT2D eigenvalue weighted by atomic mass is 9.54. The Morgan fingerprint density at radius 1 is 0.767 bits per heavy atom. The Kier molecular flexibility index (Phi) is 4.23. The molecule has 2 saturated heterocycles. The van der Waals surface area contributed by atoms with Crippen LogP contribution in [-0.2, 0) is 4.74 Å². The quantitative estimate of drug-likeness (QED) is 0.566. The highest BCUT2D eigenvalue weighted by molar-refractivity contribution is 5.44. The first-order chi connectivity index (χ1) is 14.2. The van der Waals surface area contributed by atoms with Crippen LogP contribution in [0.25, 0.3) is 0 Å². The average molecular weight is 419 g/mol. The Balaban J connectivity index is 1.32. The van der Waals surface area contributed by atoms with Crippen molar-refractivity contribution in [3.05, 3.63) is 0 Å². The number of rotatable bonds is 10. The maximum atomic E-state index is 10.0. The summed E-state index contributed by atoms with van der Waals surface area (Å²) in [7, 11) is 4.42. The maximum Gasteiger partial charge on any atom is 0.0886 e. The van der Waals surface area contributed by atoms with Gasteiger partial charge in [-0.25, -0.2) is 0 Å². The first kappa shape index (κ1) is 20.4. The predicted molar refractivity (Wildman–Crippen MR) is 116 cm³/mol. The predicted octanol–water partition coefficient (Wildman–Crippen LogP) is 1.78. The maximum absolute atomic E-state index is 10.0. The summed E-state index contributed by atoms with van der Waals surface area (Å²) < 4.78 is 7.39. The molecular formula is C25H42N2O3. The van der Waals surface area contributed by atoms with Crippen LogP contribution in [-0.4, -0.2) is 83.7 Å². The number of nitrogens with zero attached hydrogens (tertiary/aromatic N) is 2. The molecular weight excluding hydrogens is 376 g/mol. The first-order valence-corrected chi connectivity index (χ1v) is 12.6. The molecule has 5 saturated carbocycles. The van der Waals surface area contributed by atoms with Gasteiger partial charge in [-0.2, -0.15) is 0 Å². The number of aliphatic hydroxyl groups is 2. The van der Waals surface area contributed by atoms with Gasteiger partial charge in [-0.15, -0.1) is 0 Å². The summed E-state index contributed by atoms with van der Waals surface area (Å²) in [4.78, 5) is 4.86. The third-order valence-corrected chi connectivity index (χ3v) is 11.2. The largest absolute Gasteiger partial charge is 0.395 e. The zero-order chi connectivity index (χ0) is 21.3. The normalized spacial score (nSPS) is 52.8. The van der Waals surface area contributed by atoms with E-state index >= 15 is 0 Å². The van der Waals surface area contributed by atoms with E-state index in [1.54, 1.807) is 0 Å². The van der Waals surface area contributed by atoms with Gasteiger partial charge in [0, 0.05) is 25.2 Å². The lowest BCUT2D eigenvalue weighted by molar-refractivity contribution is -0.104. The Morgan fingerprint density at radius 2 is 1.17 bits per heavy atom. The van der Waals surface area contributed by atoms with Crippen LogP contribution in [0.1, 0.15) is 34.1 Å². The molecule has 5 aliphatic carbocycles. The number of hydrogen-bond donors (Lipinski definition) is 2. The molecule has 4 bridgehead atoms. The van der Waals surface area contributed by atoms with Crippen LogP contribution in [0.5, 0.6) is 0 Å². The fourth-order valence-electron chi connectivity index (χ4n) is 10.7. The van der Waals surface area contributed by atoms with Gasteiger partial charge in [0.2, 0.25) is 0 Å². The minimum absolute atomic E-state index is 0.0247. The standard InChI is InChI=1S/C25H42N2O3/c1-12(2)16(8-28)26(5)10-24-20-14-7-15-19-18(14)22(24)23(19)25(30-24,21(15)20)11-27(6)17(9-29)13(3)4/h12-23,28-29H,7-11H2,1-6H3/t14?,15?,16-,17-,18?,19?,20?,21?,22?,23?,24?,25?/m1/s1. The molecule has 2 N–H and O–H groups in total. The highest BCUT2D eigenvalue weighted by Crippen LogP contribution is 2.93. The fraction of sp³-hybridized carbons (Fsp3) is 1.00. The molecule has 5 nitrogen and oxygen atoms in total. The van der Waals surface area contributed by atoms with Crippen LogP contribution in [0.4, 0.5) is 0 Å². The van der Waals surface area contributed by atoms with Gasteiger partial charge in [0.1, 0.15) is 0 Å². The van der Waals surface area contributed by atoms with Crippen molar-refractivity contribution in [2.24, 2.45) is 59.2 Å². The van der Waals surface area contributed by atoms with Crippen LogP contribution >= 0.6 is 0 Å². The SMILES string of the molecule is CC(C)[C@@H](CO)N(C)CC12OC3(CN(C)[C@H](CO)C(C)C)C4C5CC(C6C5C3C61)C42. The minimum Gasteiger partial charge on any atom is -0.395 e. The van der Waals surface area contributed by atoms with Crippen LogP contribution in [0, 0.1) is 59.2 Å². The van der Waals surface area contributed by atoms with Gasteiger partial charge in [-0.1, -0.05) is 27.7 Å². The van der Waals surface area contributed by atoms with Crippen molar-refractivity contribution in [1.29, 1.82) is 0 Å². The first-order valence-electron chi connectivity index (χ1n) is 12.6. The molecule has 2 heterocycles. The second kappa shape index (κ2) is 6.22. The third-order valence-electron chi connectivity index (χ3n) is 11.2. The molecule has 0 amide bonds. The van der Waals surface area contributed by atoms with Crippen LogP contribution in [0.15, 0.2) is 0 Å². The molecule has 7 fully saturated rings. The van der Waals surface area contributed by atoms with E-state index < -0.39 is 0 Å². The molecule has 10 unspecified atom stereocenters. The lowest BCUT2D eigenvalue weighted by Crippen LogP contribution is -2.58. The van der Waals surface area contributed by atoms with E-state index in [-0.39, 0.29) is 36.5 Å². The smallest absolute Gasteiger partial charge is 0.0886 e. The molecule has 0 aromatic carbocycles. The van der Waals surface area contributed by atoms with Gasteiger partial charge in [-0.05, 0) is 79.7 Å². The number of hydrogen-bond acceptors (Lipinski definition) is 5. The lowest BCUT2D eigenvalue weighted by Gasteiger charge is -2.49. The summed E-state index contributed by atoms with van der Waals surface area (Å²) in [6.07, 6.45) is 1.46. The van der Waals surface area contributed by atoms with Crippen molar-refractivity contribution >= 4 is 0 Å². The van der Waals surface area contributed by atoms with Gasteiger partial charge < -0.3 is 14.9 Å².